The number of aromatic nitrogens is 1. The van der Waals surface area contributed by atoms with Crippen molar-refractivity contribution in [2.24, 2.45) is 0 Å². The van der Waals surface area contributed by atoms with Gasteiger partial charge >= 0.3 is 0 Å². The molecule has 0 unspecified atom stereocenters. The number of aryl methyl sites for hydroxylation is 3. The highest BCUT2D eigenvalue weighted by molar-refractivity contribution is 7.90. The van der Waals surface area contributed by atoms with Gasteiger partial charge in [-0.05, 0) is 62.7 Å². The largest absolute Gasteiger partial charge is 0.268 e. The minimum atomic E-state index is -3.85. The zero-order valence-electron chi connectivity index (χ0n) is 19.3. The molecular weight excluding hydrogens is 468 g/mol. The molecule has 3 aromatic carbocycles. The molecule has 0 N–H and O–H groups in total. The van der Waals surface area contributed by atoms with E-state index in [1.807, 2.05) is 39.0 Å². The lowest BCUT2D eigenvalue weighted by Gasteiger charge is -2.27. The maximum atomic E-state index is 13.7. The number of sulfonamides is 1. The molecule has 2 heterocycles. The van der Waals surface area contributed by atoms with Crippen molar-refractivity contribution < 1.29 is 16.8 Å². The smallest absolute Gasteiger partial charge is 0.238 e. The second kappa shape index (κ2) is 8.08. The van der Waals surface area contributed by atoms with Crippen LogP contribution >= 0.6 is 0 Å². The number of nitrogens with zero attached hydrogens (tertiary/aromatic N) is 2. The molecule has 176 valence electrons. The fourth-order valence-corrected chi connectivity index (χ4v) is 7.57. The number of rotatable bonds is 4. The van der Waals surface area contributed by atoms with Crippen LogP contribution in [0.3, 0.4) is 0 Å². The third kappa shape index (κ3) is 3.66. The molecular formula is C26H26N2O4S2. The van der Waals surface area contributed by atoms with Gasteiger partial charge in [0.15, 0.2) is 0 Å². The molecule has 34 heavy (non-hydrogen) atoms. The van der Waals surface area contributed by atoms with Gasteiger partial charge in [-0.3, -0.25) is 0 Å². The summed E-state index contributed by atoms with van der Waals surface area (Å²) in [5.74, 6) is 0. The molecule has 0 aliphatic carbocycles. The summed E-state index contributed by atoms with van der Waals surface area (Å²) in [5, 5.41) is 0.773. The highest BCUT2D eigenvalue weighted by Crippen LogP contribution is 2.36. The highest BCUT2D eigenvalue weighted by atomic mass is 32.2. The summed E-state index contributed by atoms with van der Waals surface area (Å²) in [6.45, 7) is 6.11. The van der Waals surface area contributed by atoms with Crippen LogP contribution < -0.4 is 0 Å². The Balaban J connectivity index is 1.66. The van der Waals surface area contributed by atoms with Crippen LogP contribution in [0.25, 0.3) is 10.9 Å². The second-order valence-electron chi connectivity index (χ2n) is 8.93. The van der Waals surface area contributed by atoms with E-state index in [0.717, 1.165) is 27.6 Å². The summed E-state index contributed by atoms with van der Waals surface area (Å²) in [6, 6.07) is 19.3. The second-order valence-corrected chi connectivity index (χ2v) is 12.7. The van der Waals surface area contributed by atoms with Gasteiger partial charge in [-0.25, -0.2) is 20.8 Å². The van der Waals surface area contributed by atoms with Crippen LogP contribution in [0.5, 0.6) is 0 Å². The van der Waals surface area contributed by atoms with Crippen molar-refractivity contribution in [1.29, 1.82) is 0 Å². The maximum absolute atomic E-state index is 13.7. The van der Waals surface area contributed by atoms with E-state index >= 15 is 0 Å². The van der Waals surface area contributed by atoms with Gasteiger partial charge in [0.1, 0.15) is 0 Å². The molecule has 1 aliphatic rings. The Bertz CT molecular complexity index is 1620. The van der Waals surface area contributed by atoms with Crippen molar-refractivity contribution in [3.8, 4) is 0 Å². The molecule has 0 spiro atoms. The van der Waals surface area contributed by atoms with Gasteiger partial charge in [-0.2, -0.15) is 4.31 Å². The Hall–Kier alpha value is -2.94. The quantitative estimate of drug-likeness (QED) is 0.417. The van der Waals surface area contributed by atoms with Crippen molar-refractivity contribution in [1.82, 2.24) is 8.28 Å². The van der Waals surface area contributed by atoms with Crippen molar-refractivity contribution in [2.75, 3.05) is 6.54 Å². The molecule has 8 heteroatoms. The molecule has 0 saturated carbocycles. The minimum Gasteiger partial charge on any atom is -0.238 e. The summed E-state index contributed by atoms with van der Waals surface area (Å²) in [5.41, 5.74) is 4.92. The molecule has 1 aliphatic heterocycles. The predicted molar refractivity (Wildman–Crippen MR) is 133 cm³/mol. The van der Waals surface area contributed by atoms with Gasteiger partial charge in [0.25, 0.3) is 10.0 Å². The average Bonchev–Trinajstić information content (AvgIpc) is 3.13. The molecule has 0 radical (unpaired) electrons. The normalized spacial score (nSPS) is 14.9. The Kier molecular flexibility index (Phi) is 5.42. The van der Waals surface area contributed by atoms with E-state index in [0.29, 0.717) is 17.6 Å². The number of hydrogen-bond donors (Lipinski definition) is 0. The molecule has 0 saturated heterocycles. The Labute approximate surface area is 200 Å². The van der Waals surface area contributed by atoms with Crippen LogP contribution in [-0.2, 0) is 33.0 Å². The van der Waals surface area contributed by atoms with Gasteiger partial charge < -0.3 is 0 Å². The SMILES string of the molecule is Cc1ccc(S(=O)(=O)N2CCc3c(c4cc(C)ccc4n3S(=O)(=O)c3ccc(C)cc3)C2)cc1. The molecule has 0 amide bonds. The standard InChI is InChI=1S/C26H26N2O4S2/c1-18-4-9-21(10-5-18)33(29,30)27-15-14-26-24(17-27)23-16-20(3)8-13-25(23)28(26)34(31,32)22-11-6-19(2)7-12-22/h4-13,16H,14-15,17H2,1-3H3. The number of fused-ring (bicyclic) bond motifs is 3. The van der Waals surface area contributed by atoms with E-state index < -0.39 is 20.0 Å². The molecule has 4 aromatic rings. The van der Waals surface area contributed by atoms with Gasteiger partial charge in [0.05, 0.1) is 15.3 Å². The van der Waals surface area contributed by atoms with E-state index in [2.05, 4.69) is 0 Å². The van der Waals surface area contributed by atoms with E-state index in [1.165, 1.54) is 8.28 Å². The third-order valence-electron chi connectivity index (χ3n) is 6.44. The van der Waals surface area contributed by atoms with E-state index in [4.69, 9.17) is 0 Å². The molecule has 0 atom stereocenters. The zero-order chi connectivity index (χ0) is 24.3. The fourth-order valence-electron chi connectivity index (χ4n) is 4.56. The summed E-state index contributed by atoms with van der Waals surface area (Å²) in [7, 11) is -7.56. The lowest BCUT2D eigenvalue weighted by Crippen LogP contribution is -2.36. The van der Waals surface area contributed by atoms with Gasteiger partial charge in [-0.1, -0.05) is 47.0 Å². The van der Waals surface area contributed by atoms with Crippen LogP contribution in [0.15, 0.2) is 76.5 Å². The third-order valence-corrected chi connectivity index (χ3v) is 10.1. The summed E-state index contributed by atoms with van der Waals surface area (Å²) < 4.78 is 57.1. The molecule has 0 fully saturated rings. The van der Waals surface area contributed by atoms with Crippen molar-refractivity contribution >= 4 is 30.9 Å². The van der Waals surface area contributed by atoms with Crippen molar-refractivity contribution in [2.45, 2.75) is 43.5 Å². The summed E-state index contributed by atoms with van der Waals surface area (Å²) in [4.78, 5) is 0.460. The minimum absolute atomic E-state index is 0.127. The lowest BCUT2D eigenvalue weighted by atomic mass is 10.0. The topological polar surface area (TPSA) is 76.5 Å². The fraction of sp³-hybridized carbons (Fsp3) is 0.231. The van der Waals surface area contributed by atoms with Gasteiger partial charge in [-0.15, -0.1) is 0 Å². The highest BCUT2D eigenvalue weighted by Gasteiger charge is 2.34. The first-order valence-corrected chi connectivity index (χ1v) is 14.0. The molecule has 0 bridgehead atoms. The zero-order valence-corrected chi connectivity index (χ0v) is 20.9. The first kappa shape index (κ1) is 22.8. The van der Waals surface area contributed by atoms with Crippen LogP contribution in [0, 0.1) is 20.8 Å². The van der Waals surface area contributed by atoms with Crippen LogP contribution in [0.2, 0.25) is 0 Å². The van der Waals surface area contributed by atoms with E-state index in [9.17, 15) is 16.8 Å². The first-order valence-electron chi connectivity index (χ1n) is 11.1. The van der Waals surface area contributed by atoms with Crippen molar-refractivity contribution in [3.05, 3.63) is 94.7 Å². The molecule has 5 rings (SSSR count). The predicted octanol–water partition coefficient (Wildman–Crippen LogP) is 4.55. The summed E-state index contributed by atoms with van der Waals surface area (Å²) >= 11 is 0. The van der Waals surface area contributed by atoms with Crippen LogP contribution in [0.4, 0.5) is 0 Å². The number of hydrogen-bond acceptors (Lipinski definition) is 4. The van der Waals surface area contributed by atoms with Crippen LogP contribution in [0.1, 0.15) is 27.9 Å². The molecule has 1 aromatic heterocycles. The number of benzene rings is 3. The maximum Gasteiger partial charge on any atom is 0.268 e. The summed E-state index contributed by atoms with van der Waals surface area (Å²) in [6.07, 6.45) is 0.305. The van der Waals surface area contributed by atoms with Gasteiger partial charge in [0, 0.05) is 30.6 Å². The van der Waals surface area contributed by atoms with Crippen LogP contribution in [-0.4, -0.2) is 31.7 Å². The Morgan fingerprint density at radius 3 is 1.79 bits per heavy atom. The lowest BCUT2D eigenvalue weighted by molar-refractivity contribution is 0.390. The van der Waals surface area contributed by atoms with Crippen molar-refractivity contribution in [3.63, 3.8) is 0 Å². The van der Waals surface area contributed by atoms with E-state index in [-0.39, 0.29) is 22.9 Å². The molecule has 6 nitrogen and oxygen atoms in total. The Morgan fingerprint density at radius 2 is 1.21 bits per heavy atom. The van der Waals surface area contributed by atoms with Gasteiger partial charge in [0.2, 0.25) is 10.0 Å². The monoisotopic (exact) mass is 494 g/mol. The van der Waals surface area contributed by atoms with E-state index in [1.54, 1.807) is 48.5 Å². The Morgan fingerprint density at radius 1 is 0.676 bits per heavy atom. The average molecular weight is 495 g/mol. The first-order chi connectivity index (χ1) is 16.1.